The van der Waals surface area contributed by atoms with Crippen molar-refractivity contribution in [3.63, 3.8) is 0 Å². The van der Waals surface area contributed by atoms with Crippen LogP contribution in [-0.2, 0) is 6.54 Å². The summed E-state index contributed by atoms with van der Waals surface area (Å²) in [6.07, 6.45) is 6.37. The highest BCUT2D eigenvalue weighted by Gasteiger charge is 2.14. The minimum Gasteiger partial charge on any atom is -0.313 e. The molecule has 2 rings (SSSR count). The molecule has 1 aliphatic rings. The summed E-state index contributed by atoms with van der Waals surface area (Å²) >= 11 is 3.58. The van der Waals surface area contributed by atoms with Gasteiger partial charge in [0.15, 0.2) is 0 Å². The molecule has 0 amide bonds. The van der Waals surface area contributed by atoms with Crippen molar-refractivity contribution in [1.29, 1.82) is 0 Å². The Labute approximate surface area is 98.7 Å². The topological polar surface area (TPSA) is 29.9 Å². The number of rotatable bonds is 3. The maximum Gasteiger partial charge on any atom is 0.0781 e. The van der Waals surface area contributed by atoms with Crippen LogP contribution < -0.4 is 5.32 Å². The summed E-state index contributed by atoms with van der Waals surface area (Å²) < 4.78 is 3.21. The van der Waals surface area contributed by atoms with E-state index < -0.39 is 0 Å². The molecule has 0 unspecified atom stereocenters. The molecule has 0 atom stereocenters. The van der Waals surface area contributed by atoms with Crippen molar-refractivity contribution >= 4 is 21.5 Å². The Morgan fingerprint density at radius 1 is 1.60 bits per heavy atom. The van der Waals surface area contributed by atoms with Crippen LogP contribution in [0.5, 0.6) is 0 Å². The number of hydrogen-bond donors (Lipinski definition) is 1. The van der Waals surface area contributed by atoms with E-state index in [4.69, 9.17) is 0 Å². The van der Waals surface area contributed by atoms with E-state index in [1.165, 1.54) is 11.3 Å². The maximum atomic E-state index is 4.39. The van der Waals surface area contributed by atoms with Gasteiger partial charge < -0.3 is 5.32 Å². The molecule has 0 aromatic carbocycles. The zero-order chi connectivity index (χ0) is 10.7. The molecule has 0 aliphatic carbocycles. The Bertz CT molecular complexity index is 368. The summed E-state index contributed by atoms with van der Waals surface area (Å²) in [6, 6.07) is 0. The molecule has 1 aliphatic heterocycles. The molecular weight excluding hydrogens is 254 g/mol. The van der Waals surface area contributed by atoms with E-state index in [9.17, 15) is 0 Å². The fraction of sp³-hybridized carbons (Fsp3) is 0.545. The number of nitrogens with zero attached hydrogens (tertiary/aromatic N) is 2. The Morgan fingerprint density at radius 3 is 3.13 bits per heavy atom. The summed E-state index contributed by atoms with van der Waals surface area (Å²) in [5.74, 6) is 0. The fourth-order valence-electron chi connectivity index (χ4n) is 1.90. The van der Waals surface area contributed by atoms with Crippen molar-refractivity contribution < 1.29 is 0 Å². The highest BCUT2D eigenvalue weighted by Crippen LogP contribution is 2.27. The molecule has 0 radical (unpaired) electrons. The first-order valence-electron chi connectivity index (χ1n) is 5.44. The second kappa shape index (κ2) is 4.94. The van der Waals surface area contributed by atoms with Gasteiger partial charge in [0.25, 0.3) is 0 Å². The van der Waals surface area contributed by atoms with Gasteiger partial charge in [-0.2, -0.15) is 5.10 Å². The van der Waals surface area contributed by atoms with Crippen LogP contribution in [0.3, 0.4) is 0 Å². The van der Waals surface area contributed by atoms with E-state index in [0.717, 1.165) is 36.9 Å². The first-order valence-corrected chi connectivity index (χ1v) is 6.23. The molecule has 1 aromatic rings. The van der Waals surface area contributed by atoms with Crippen LogP contribution in [0.1, 0.15) is 25.5 Å². The highest BCUT2D eigenvalue weighted by molar-refractivity contribution is 9.10. The van der Waals surface area contributed by atoms with Gasteiger partial charge in [-0.25, -0.2) is 0 Å². The summed E-state index contributed by atoms with van der Waals surface area (Å²) in [4.78, 5) is 0. The van der Waals surface area contributed by atoms with E-state index in [1.54, 1.807) is 0 Å². The van der Waals surface area contributed by atoms with Crippen LogP contribution in [-0.4, -0.2) is 22.9 Å². The first kappa shape index (κ1) is 10.9. The average molecular weight is 270 g/mol. The molecule has 0 saturated carbocycles. The molecular formula is C11H16BrN3. The van der Waals surface area contributed by atoms with Crippen LogP contribution in [0.2, 0.25) is 0 Å². The highest BCUT2D eigenvalue weighted by atomic mass is 79.9. The van der Waals surface area contributed by atoms with Gasteiger partial charge in [-0.05, 0) is 40.9 Å². The Balaban J connectivity index is 2.32. The second-order valence-electron chi connectivity index (χ2n) is 3.75. The average Bonchev–Trinajstić information content (AvgIpc) is 2.62. The van der Waals surface area contributed by atoms with E-state index >= 15 is 0 Å². The van der Waals surface area contributed by atoms with E-state index in [1.807, 2.05) is 6.20 Å². The monoisotopic (exact) mass is 269 g/mol. The first-order chi connectivity index (χ1) is 7.33. The van der Waals surface area contributed by atoms with Gasteiger partial charge in [0.05, 0.1) is 16.4 Å². The lowest BCUT2D eigenvalue weighted by Gasteiger charge is -2.15. The van der Waals surface area contributed by atoms with Crippen LogP contribution in [0.4, 0.5) is 0 Å². The molecule has 4 heteroatoms. The van der Waals surface area contributed by atoms with Gasteiger partial charge >= 0.3 is 0 Å². The van der Waals surface area contributed by atoms with Crippen molar-refractivity contribution in [2.75, 3.05) is 13.1 Å². The lowest BCUT2D eigenvalue weighted by Crippen LogP contribution is -2.21. The van der Waals surface area contributed by atoms with E-state index in [2.05, 4.69) is 44.0 Å². The minimum atomic E-state index is 0.971. The third kappa shape index (κ3) is 2.32. The summed E-state index contributed by atoms with van der Waals surface area (Å²) in [7, 11) is 0. The second-order valence-corrected chi connectivity index (χ2v) is 4.60. The molecule has 0 saturated heterocycles. The van der Waals surface area contributed by atoms with Crippen LogP contribution in [0.25, 0.3) is 5.57 Å². The summed E-state index contributed by atoms with van der Waals surface area (Å²) in [5, 5.41) is 7.72. The van der Waals surface area contributed by atoms with E-state index in [0.29, 0.717) is 0 Å². The fourth-order valence-corrected chi connectivity index (χ4v) is 2.45. The number of nitrogens with one attached hydrogen (secondary N) is 1. The van der Waals surface area contributed by atoms with Crippen molar-refractivity contribution in [2.24, 2.45) is 0 Å². The van der Waals surface area contributed by atoms with Gasteiger partial charge in [0, 0.05) is 13.1 Å². The predicted molar refractivity (Wildman–Crippen MR) is 65.7 cm³/mol. The molecule has 0 bridgehead atoms. The smallest absolute Gasteiger partial charge is 0.0781 e. The molecule has 2 heterocycles. The number of aryl methyl sites for hydroxylation is 1. The van der Waals surface area contributed by atoms with Crippen LogP contribution in [0, 0.1) is 0 Å². The lowest BCUT2D eigenvalue weighted by atomic mass is 10.1. The Morgan fingerprint density at radius 2 is 2.47 bits per heavy atom. The maximum absolute atomic E-state index is 4.39. The quantitative estimate of drug-likeness (QED) is 0.914. The van der Waals surface area contributed by atoms with Crippen molar-refractivity contribution in [3.8, 4) is 0 Å². The van der Waals surface area contributed by atoms with E-state index in [-0.39, 0.29) is 0 Å². The van der Waals surface area contributed by atoms with Crippen LogP contribution in [0.15, 0.2) is 16.7 Å². The van der Waals surface area contributed by atoms with Gasteiger partial charge in [-0.1, -0.05) is 13.0 Å². The van der Waals surface area contributed by atoms with Crippen LogP contribution >= 0.6 is 15.9 Å². The summed E-state index contributed by atoms with van der Waals surface area (Å²) in [6.45, 7) is 5.20. The van der Waals surface area contributed by atoms with Crippen molar-refractivity contribution in [3.05, 3.63) is 22.4 Å². The number of aromatic nitrogens is 2. The molecule has 0 spiro atoms. The third-order valence-corrected chi connectivity index (χ3v) is 3.18. The van der Waals surface area contributed by atoms with Crippen molar-refractivity contribution in [1.82, 2.24) is 15.1 Å². The molecule has 1 aromatic heterocycles. The molecule has 3 nitrogen and oxygen atoms in total. The Hall–Kier alpha value is -0.610. The summed E-state index contributed by atoms with van der Waals surface area (Å²) in [5.41, 5.74) is 2.67. The molecule has 0 fully saturated rings. The number of hydrogen-bond acceptors (Lipinski definition) is 2. The predicted octanol–water partition coefficient (Wildman–Crippen LogP) is 2.43. The van der Waals surface area contributed by atoms with Gasteiger partial charge in [-0.15, -0.1) is 0 Å². The van der Waals surface area contributed by atoms with Crippen molar-refractivity contribution in [2.45, 2.75) is 26.3 Å². The normalized spacial score (nSPS) is 16.5. The largest absolute Gasteiger partial charge is 0.313 e. The Kier molecular flexibility index (Phi) is 3.59. The zero-order valence-corrected chi connectivity index (χ0v) is 10.5. The van der Waals surface area contributed by atoms with Gasteiger partial charge in [0.1, 0.15) is 0 Å². The minimum absolute atomic E-state index is 0.971. The third-order valence-electron chi connectivity index (χ3n) is 2.60. The molecule has 1 N–H and O–H groups in total. The SMILES string of the molecule is CCCn1ncc(Br)c1C1=CCNCC1. The number of halogens is 1. The molecule has 82 valence electrons. The standard InChI is InChI=1S/C11H16BrN3/c1-2-7-15-11(10(12)8-14-15)9-3-5-13-6-4-9/h3,8,13H,2,4-7H2,1H3. The zero-order valence-electron chi connectivity index (χ0n) is 8.96. The van der Waals surface area contributed by atoms with Gasteiger partial charge in [0.2, 0.25) is 0 Å². The molecule has 15 heavy (non-hydrogen) atoms. The lowest BCUT2D eigenvalue weighted by molar-refractivity contribution is 0.592. The van der Waals surface area contributed by atoms with Gasteiger partial charge in [-0.3, -0.25) is 4.68 Å².